The predicted octanol–water partition coefficient (Wildman–Crippen LogP) is 5.69. The molecule has 132 valence electrons. The molecule has 0 saturated carbocycles. The Kier molecular flexibility index (Phi) is 6.10. The quantitative estimate of drug-likeness (QED) is 0.451. The minimum atomic E-state index is 0.967. The molecule has 2 aromatic heterocycles. The van der Waals surface area contributed by atoms with Crippen LogP contribution in [0, 0.1) is 13.8 Å². The van der Waals surface area contributed by atoms with Crippen molar-refractivity contribution in [2.45, 2.75) is 26.9 Å². The molecule has 0 unspecified atom stereocenters. The lowest BCUT2D eigenvalue weighted by Gasteiger charge is -2.05. The second kappa shape index (κ2) is 8.91. The first-order valence-corrected chi connectivity index (χ1v) is 9.03. The lowest BCUT2D eigenvalue weighted by atomic mass is 10.2. The number of aromatic nitrogens is 2. The first-order chi connectivity index (χ1) is 12.7. The fourth-order valence-electron chi connectivity index (χ4n) is 2.91. The number of benzene rings is 2. The molecule has 0 saturated heterocycles. The Bertz CT molecular complexity index is 902. The Balaban J connectivity index is 0.000000151. The first kappa shape index (κ1) is 17.8. The van der Waals surface area contributed by atoms with Gasteiger partial charge in [0.05, 0.1) is 0 Å². The lowest BCUT2D eigenvalue weighted by Crippen LogP contribution is -1.99. The molecule has 0 N–H and O–H groups in total. The molecule has 0 radical (unpaired) electrons. The van der Waals surface area contributed by atoms with Crippen LogP contribution in [0.2, 0.25) is 0 Å². The molecular weight excluding hydrogens is 316 g/mol. The van der Waals surface area contributed by atoms with Crippen LogP contribution in [0.3, 0.4) is 0 Å². The van der Waals surface area contributed by atoms with Gasteiger partial charge in [-0.3, -0.25) is 0 Å². The topological polar surface area (TPSA) is 9.86 Å². The van der Waals surface area contributed by atoms with E-state index in [9.17, 15) is 0 Å². The van der Waals surface area contributed by atoms with E-state index in [1.54, 1.807) is 0 Å². The summed E-state index contributed by atoms with van der Waals surface area (Å²) in [4.78, 5) is 0. The first-order valence-electron chi connectivity index (χ1n) is 9.03. The zero-order valence-corrected chi connectivity index (χ0v) is 15.5. The highest BCUT2D eigenvalue weighted by molar-refractivity contribution is 5.18. The molecule has 26 heavy (non-hydrogen) atoms. The van der Waals surface area contributed by atoms with Crippen molar-refractivity contribution in [2.24, 2.45) is 0 Å². The van der Waals surface area contributed by atoms with Gasteiger partial charge in [0, 0.05) is 37.4 Å². The van der Waals surface area contributed by atoms with Crippen LogP contribution in [0.5, 0.6) is 0 Å². The summed E-state index contributed by atoms with van der Waals surface area (Å²) < 4.78 is 4.44. The molecule has 2 heteroatoms. The van der Waals surface area contributed by atoms with Gasteiger partial charge in [0.1, 0.15) is 0 Å². The van der Waals surface area contributed by atoms with Crippen molar-refractivity contribution >= 4 is 0 Å². The Labute approximate surface area is 156 Å². The van der Waals surface area contributed by atoms with Crippen LogP contribution >= 0.6 is 0 Å². The highest BCUT2D eigenvalue weighted by Gasteiger charge is 1.95. The maximum absolute atomic E-state index is 2.25. The SMILES string of the molecule is Cc1cccn1Cc1ccccc1.Cc1ccn(Cc2ccccc2)c1. The summed E-state index contributed by atoms with van der Waals surface area (Å²) in [6.07, 6.45) is 6.39. The molecule has 2 heterocycles. The monoisotopic (exact) mass is 342 g/mol. The Morgan fingerprint density at radius 2 is 1.23 bits per heavy atom. The molecule has 2 nitrogen and oxygen atoms in total. The van der Waals surface area contributed by atoms with Gasteiger partial charge in [0.25, 0.3) is 0 Å². The van der Waals surface area contributed by atoms with Crippen LogP contribution in [-0.2, 0) is 13.1 Å². The summed E-state index contributed by atoms with van der Waals surface area (Å²) in [6, 6.07) is 27.3. The third kappa shape index (κ3) is 5.25. The van der Waals surface area contributed by atoms with Crippen molar-refractivity contribution < 1.29 is 0 Å². The Hall–Kier alpha value is -3.00. The van der Waals surface area contributed by atoms with E-state index in [1.165, 1.54) is 22.4 Å². The van der Waals surface area contributed by atoms with E-state index in [2.05, 4.69) is 108 Å². The predicted molar refractivity (Wildman–Crippen MR) is 109 cm³/mol. The summed E-state index contributed by atoms with van der Waals surface area (Å²) in [5.74, 6) is 0. The summed E-state index contributed by atoms with van der Waals surface area (Å²) in [6.45, 7) is 6.18. The van der Waals surface area contributed by atoms with Crippen LogP contribution < -0.4 is 0 Å². The average molecular weight is 342 g/mol. The number of hydrogen-bond acceptors (Lipinski definition) is 0. The van der Waals surface area contributed by atoms with Gasteiger partial charge in [0.15, 0.2) is 0 Å². The van der Waals surface area contributed by atoms with Crippen LogP contribution in [0.25, 0.3) is 0 Å². The minimum absolute atomic E-state index is 0.967. The summed E-state index contributed by atoms with van der Waals surface area (Å²) in [5, 5.41) is 0. The van der Waals surface area contributed by atoms with E-state index < -0.39 is 0 Å². The largest absolute Gasteiger partial charge is 0.350 e. The summed E-state index contributed by atoms with van der Waals surface area (Å²) in [5.41, 5.74) is 5.32. The van der Waals surface area contributed by atoms with Crippen LogP contribution in [-0.4, -0.2) is 9.13 Å². The smallest absolute Gasteiger partial charge is 0.0472 e. The molecule has 0 aliphatic heterocycles. The molecule has 0 fully saturated rings. The van der Waals surface area contributed by atoms with Crippen molar-refractivity contribution in [3.8, 4) is 0 Å². The third-order valence-electron chi connectivity index (χ3n) is 4.36. The fraction of sp³-hybridized carbons (Fsp3) is 0.167. The molecule has 0 aliphatic rings. The molecule has 0 atom stereocenters. The van der Waals surface area contributed by atoms with E-state index in [-0.39, 0.29) is 0 Å². The highest BCUT2D eigenvalue weighted by Crippen LogP contribution is 2.06. The van der Waals surface area contributed by atoms with Crippen molar-refractivity contribution in [1.82, 2.24) is 9.13 Å². The van der Waals surface area contributed by atoms with Gasteiger partial charge in [-0.05, 0) is 48.7 Å². The van der Waals surface area contributed by atoms with Gasteiger partial charge in [-0.15, -0.1) is 0 Å². The van der Waals surface area contributed by atoms with E-state index in [0.29, 0.717) is 0 Å². The van der Waals surface area contributed by atoms with Gasteiger partial charge >= 0.3 is 0 Å². The standard InChI is InChI=1S/2C12H13N/c1-11-6-5-9-13(11)10-12-7-3-2-4-8-12;1-11-7-8-13(9-11)10-12-5-3-2-4-6-12/h2*2-9H,10H2,1H3. The van der Waals surface area contributed by atoms with E-state index in [1.807, 2.05) is 12.1 Å². The van der Waals surface area contributed by atoms with Gasteiger partial charge in [-0.2, -0.15) is 0 Å². The highest BCUT2D eigenvalue weighted by atomic mass is 15.0. The molecule has 0 spiro atoms. The van der Waals surface area contributed by atoms with Gasteiger partial charge in [-0.1, -0.05) is 60.7 Å². The number of aryl methyl sites for hydroxylation is 2. The number of nitrogens with zero attached hydrogens (tertiary/aromatic N) is 2. The Morgan fingerprint density at radius 3 is 1.73 bits per heavy atom. The maximum Gasteiger partial charge on any atom is 0.0472 e. The molecule has 4 rings (SSSR count). The zero-order chi connectivity index (χ0) is 18.2. The summed E-state index contributed by atoms with van der Waals surface area (Å²) >= 11 is 0. The number of rotatable bonds is 4. The van der Waals surface area contributed by atoms with Crippen LogP contribution in [0.1, 0.15) is 22.4 Å². The molecule has 0 aliphatic carbocycles. The lowest BCUT2D eigenvalue weighted by molar-refractivity contribution is 0.776. The van der Waals surface area contributed by atoms with Gasteiger partial charge in [0.2, 0.25) is 0 Å². The average Bonchev–Trinajstić information content (AvgIpc) is 3.26. The fourth-order valence-corrected chi connectivity index (χ4v) is 2.91. The van der Waals surface area contributed by atoms with Crippen molar-refractivity contribution in [3.63, 3.8) is 0 Å². The number of hydrogen-bond donors (Lipinski definition) is 0. The normalized spacial score (nSPS) is 10.2. The van der Waals surface area contributed by atoms with E-state index in [0.717, 1.165) is 13.1 Å². The maximum atomic E-state index is 2.25. The second-order valence-corrected chi connectivity index (χ2v) is 6.61. The zero-order valence-electron chi connectivity index (χ0n) is 15.5. The molecule has 4 aromatic rings. The van der Waals surface area contributed by atoms with Crippen LogP contribution in [0.15, 0.2) is 97.5 Å². The summed E-state index contributed by atoms with van der Waals surface area (Å²) in [7, 11) is 0. The van der Waals surface area contributed by atoms with E-state index in [4.69, 9.17) is 0 Å². The molecule has 0 amide bonds. The van der Waals surface area contributed by atoms with Crippen LogP contribution in [0.4, 0.5) is 0 Å². The molecular formula is C24H26N2. The molecule has 0 bridgehead atoms. The second-order valence-electron chi connectivity index (χ2n) is 6.61. The Morgan fingerprint density at radius 1 is 0.615 bits per heavy atom. The third-order valence-corrected chi connectivity index (χ3v) is 4.36. The van der Waals surface area contributed by atoms with E-state index >= 15 is 0 Å². The van der Waals surface area contributed by atoms with Gasteiger partial charge < -0.3 is 9.13 Å². The van der Waals surface area contributed by atoms with Crippen molar-refractivity contribution in [1.29, 1.82) is 0 Å². The molecule has 2 aromatic carbocycles. The van der Waals surface area contributed by atoms with Gasteiger partial charge in [-0.25, -0.2) is 0 Å². The minimum Gasteiger partial charge on any atom is -0.350 e. The van der Waals surface area contributed by atoms with Crippen molar-refractivity contribution in [3.05, 3.63) is 120 Å². The van der Waals surface area contributed by atoms with Crippen molar-refractivity contribution in [2.75, 3.05) is 0 Å².